The van der Waals surface area contributed by atoms with Crippen molar-refractivity contribution in [1.82, 2.24) is 5.32 Å². The van der Waals surface area contributed by atoms with Gasteiger partial charge in [-0.05, 0) is 19.1 Å². The number of rotatable bonds is 3. The third-order valence-corrected chi connectivity index (χ3v) is 1.83. The largest absolute Gasteiger partial charge is 0.351 e. The fourth-order valence-electron chi connectivity index (χ4n) is 0.983. The summed E-state index contributed by atoms with van der Waals surface area (Å²) in [5, 5.41) is 11.2. The van der Waals surface area contributed by atoms with E-state index in [1.165, 1.54) is 0 Å². The molecule has 0 aliphatic rings. The molecular formula is C11H12N2O. The maximum atomic E-state index is 11.4. The molecule has 0 aliphatic carbocycles. The fraction of sp³-hybridized carbons (Fsp3) is 0.273. The Kier molecular flexibility index (Phi) is 3.69. The van der Waals surface area contributed by atoms with Gasteiger partial charge in [-0.25, -0.2) is 0 Å². The lowest BCUT2D eigenvalue weighted by molar-refractivity contribution is 0.0951. The van der Waals surface area contributed by atoms with E-state index in [2.05, 4.69) is 11.4 Å². The van der Waals surface area contributed by atoms with E-state index in [0.29, 0.717) is 12.1 Å². The zero-order chi connectivity index (χ0) is 10.4. The molecule has 3 heteroatoms. The molecule has 1 aromatic carbocycles. The van der Waals surface area contributed by atoms with Gasteiger partial charge in [-0.1, -0.05) is 18.2 Å². The Labute approximate surface area is 83.4 Å². The number of benzene rings is 1. The normalized spacial score (nSPS) is 11.4. The first kappa shape index (κ1) is 10.3. The highest BCUT2D eigenvalue weighted by Gasteiger charge is 2.05. The summed E-state index contributed by atoms with van der Waals surface area (Å²) >= 11 is 0. The summed E-state index contributed by atoms with van der Waals surface area (Å²) in [4.78, 5) is 11.4. The molecule has 0 bridgehead atoms. The van der Waals surface area contributed by atoms with Crippen LogP contribution in [0, 0.1) is 17.2 Å². The molecule has 1 atom stereocenters. The fourth-order valence-corrected chi connectivity index (χ4v) is 0.983. The second-order valence-corrected chi connectivity index (χ2v) is 3.11. The van der Waals surface area contributed by atoms with Crippen LogP contribution in [-0.4, -0.2) is 12.5 Å². The first-order valence-corrected chi connectivity index (χ1v) is 4.47. The maximum Gasteiger partial charge on any atom is 0.251 e. The second-order valence-electron chi connectivity index (χ2n) is 3.11. The van der Waals surface area contributed by atoms with Crippen LogP contribution in [0.2, 0.25) is 0 Å². The number of amides is 1. The average molecular weight is 188 g/mol. The summed E-state index contributed by atoms with van der Waals surface area (Å²) in [6, 6.07) is 11.0. The molecule has 0 aromatic heterocycles. The van der Waals surface area contributed by atoms with Crippen LogP contribution < -0.4 is 5.32 Å². The van der Waals surface area contributed by atoms with E-state index >= 15 is 0 Å². The summed E-state index contributed by atoms with van der Waals surface area (Å²) in [7, 11) is 0. The molecule has 72 valence electrons. The van der Waals surface area contributed by atoms with Gasteiger partial charge in [-0.2, -0.15) is 5.26 Å². The number of nitrogens with zero attached hydrogens (tertiary/aromatic N) is 1. The van der Waals surface area contributed by atoms with E-state index in [1.807, 2.05) is 18.2 Å². The Morgan fingerprint density at radius 2 is 2.14 bits per heavy atom. The van der Waals surface area contributed by atoms with E-state index < -0.39 is 0 Å². The molecule has 0 saturated heterocycles. The van der Waals surface area contributed by atoms with Crippen LogP contribution in [0.4, 0.5) is 0 Å². The second kappa shape index (κ2) is 5.03. The van der Waals surface area contributed by atoms with Crippen LogP contribution in [0.5, 0.6) is 0 Å². The zero-order valence-electron chi connectivity index (χ0n) is 8.03. The first-order chi connectivity index (χ1) is 6.74. The number of hydrogen-bond acceptors (Lipinski definition) is 2. The van der Waals surface area contributed by atoms with Crippen molar-refractivity contribution in [3.8, 4) is 6.07 Å². The van der Waals surface area contributed by atoms with E-state index in [-0.39, 0.29) is 11.8 Å². The smallest absolute Gasteiger partial charge is 0.251 e. The number of nitriles is 1. The Morgan fingerprint density at radius 1 is 1.50 bits per heavy atom. The average Bonchev–Trinajstić information content (AvgIpc) is 2.26. The number of hydrogen-bond donors (Lipinski definition) is 1. The molecule has 0 saturated carbocycles. The highest BCUT2D eigenvalue weighted by atomic mass is 16.1. The van der Waals surface area contributed by atoms with Gasteiger partial charge in [0.2, 0.25) is 0 Å². The van der Waals surface area contributed by atoms with Crippen molar-refractivity contribution in [3.05, 3.63) is 35.9 Å². The lowest BCUT2D eigenvalue weighted by Crippen LogP contribution is -2.27. The Hall–Kier alpha value is -1.82. The summed E-state index contributed by atoms with van der Waals surface area (Å²) in [5.41, 5.74) is 0.623. The number of nitrogens with one attached hydrogen (secondary N) is 1. The molecule has 0 fully saturated rings. The standard InChI is InChI=1S/C11H12N2O/c1-9(7-12)8-13-11(14)10-5-3-2-4-6-10/h2-6,9H,8H2,1H3,(H,13,14). The van der Waals surface area contributed by atoms with Crippen molar-refractivity contribution in [2.45, 2.75) is 6.92 Å². The SMILES string of the molecule is CC(C#N)CNC(=O)c1ccccc1. The number of carbonyl (C=O) groups excluding carboxylic acids is 1. The van der Waals surface area contributed by atoms with Crippen LogP contribution in [-0.2, 0) is 0 Å². The van der Waals surface area contributed by atoms with Crippen molar-refractivity contribution in [2.75, 3.05) is 6.54 Å². The summed E-state index contributed by atoms with van der Waals surface area (Å²) in [6.07, 6.45) is 0. The molecule has 0 radical (unpaired) electrons. The number of carbonyl (C=O) groups is 1. The van der Waals surface area contributed by atoms with Crippen molar-refractivity contribution in [3.63, 3.8) is 0 Å². The van der Waals surface area contributed by atoms with E-state index in [0.717, 1.165) is 0 Å². The summed E-state index contributed by atoms with van der Waals surface area (Å²) < 4.78 is 0. The van der Waals surface area contributed by atoms with Gasteiger partial charge in [0.1, 0.15) is 0 Å². The van der Waals surface area contributed by atoms with Gasteiger partial charge in [0.15, 0.2) is 0 Å². The van der Waals surface area contributed by atoms with E-state index in [9.17, 15) is 4.79 Å². The zero-order valence-corrected chi connectivity index (χ0v) is 8.03. The van der Waals surface area contributed by atoms with Crippen LogP contribution in [0.1, 0.15) is 17.3 Å². The van der Waals surface area contributed by atoms with Gasteiger partial charge in [0, 0.05) is 12.1 Å². The minimum Gasteiger partial charge on any atom is -0.351 e. The predicted molar refractivity (Wildman–Crippen MR) is 53.6 cm³/mol. The first-order valence-electron chi connectivity index (χ1n) is 4.47. The minimum atomic E-state index is -0.150. The topological polar surface area (TPSA) is 52.9 Å². The van der Waals surface area contributed by atoms with Gasteiger partial charge < -0.3 is 5.32 Å². The van der Waals surface area contributed by atoms with E-state index in [4.69, 9.17) is 5.26 Å². The summed E-state index contributed by atoms with van der Waals surface area (Å²) in [6.45, 7) is 2.16. The molecule has 0 spiro atoms. The lowest BCUT2D eigenvalue weighted by Gasteiger charge is -2.05. The summed E-state index contributed by atoms with van der Waals surface area (Å²) in [5.74, 6) is -0.282. The van der Waals surface area contributed by atoms with Gasteiger partial charge in [0.05, 0.1) is 12.0 Å². The molecule has 14 heavy (non-hydrogen) atoms. The molecule has 3 nitrogen and oxygen atoms in total. The highest BCUT2D eigenvalue weighted by Crippen LogP contribution is 1.98. The van der Waals surface area contributed by atoms with Gasteiger partial charge in [-0.15, -0.1) is 0 Å². The van der Waals surface area contributed by atoms with Crippen LogP contribution >= 0.6 is 0 Å². The van der Waals surface area contributed by atoms with Crippen molar-refractivity contribution in [2.24, 2.45) is 5.92 Å². The third kappa shape index (κ3) is 2.91. The van der Waals surface area contributed by atoms with Gasteiger partial charge >= 0.3 is 0 Å². The Morgan fingerprint density at radius 3 is 2.71 bits per heavy atom. The van der Waals surface area contributed by atoms with Gasteiger partial charge in [0.25, 0.3) is 5.91 Å². The van der Waals surface area contributed by atoms with Crippen molar-refractivity contribution >= 4 is 5.91 Å². The van der Waals surface area contributed by atoms with Crippen molar-refractivity contribution < 1.29 is 4.79 Å². The molecule has 0 aliphatic heterocycles. The third-order valence-electron chi connectivity index (χ3n) is 1.83. The van der Waals surface area contributed by atoms with Crippen LogP contribution in [0.15, 0.2) is 30.3 Å². The molecule has 1 N–H and O–H groups in total. The molecule has 0 heterocycles. The molecule has 1 unspecified atom stereocenters. The maximum absolute atomic E-state index is 11.4. The van der Waals surface area contributed by atoms with Crippen LogP contribution in [0.25, 0.3) is 0 Å². The molecule has 1 rings (SSSR count). The Bertz CT molecular complexity index is 340. The predicted octanol–water partition coefficient (Wildman–Crippen LogP) is 1.58. The molecular weight excluding hydrogens is 176 g/mol. The van der Waals surface area contributed by atoms with Crippen LogP contribution in [0.3, 0.4) is 0 Å². The monoisotopic (exact) mass is 188 g/mol. The van der Waals surface area contributed by atoms with Gasteiger partial charge in [-0.3, -0.25) is 4.79 Å². The Balaban J connectivity index is 2.49. The van der Waals surface area contributed by atoms with E-state index in [1.54, 1.807) is 19.1 Å². The highest BCUT2D eigenvalue weighted by molar-refractivity contribution is 5.94. The minimum absolute atomic E-state index is 0.132. The lowest BCUT2D eigenvalue weighted by atomic mass is 10.2. The van der Waals surface area contributed by atoms with Crippen molar-refractivity contribution in [1.29, 1.82) is 5.26 Å². The molecule has 1 aromatic rings. The molecule has 1 amide bonds. The quantitative estimate of drug-likeness (QED) is 0.782.